The van der Waals surface area contributed by atoms with Gasteiger partial charge in [0.2, 0.25) is 0 Å². The fourth-order valence-corrected chi connectivity index (χ4v) is 1.49. The van der Waals surface area contributed by atoms with Gasteiger partial charge in [0, 0.05) is 0 Å². The summed E-state index contributed by atoms with van der Waals surface area (Å²) in [4.78, 5) is 9.94. The Labute approximate surface area is 61.6 Å². The van der Waals surface area contributed by atoms with Gasteiger partial charge in [-0.15, -0.1) is 0 Å². The molecule has 1 aliphatic rings. The van der Waals surface area contributed by atoms with Crippen molar-refractivity contribution < 1.29 is 9.53 Å². The summed E-state index contributed by atoms with van der Waals surface area (Å²) >= 11 is 0. The Morgan fingerprint density at radius 2 is 2.40 bits per heavy atom. The zero-order valence-electron chi connectivity index (χ0n) is 6.38. The lowest BCUT2D eigenvalue weighted by atomic mass is 9.79. The van der Waals surface area contributed by atoms with E-state index in [1.807, 2.05) is 0 Å². The third-order valence-corrected chi connectivity index (χ3v) is 2.24. The molecular formula is C8H14O2. The van der Waals surface area contributed by atoms with Gasteiger partial charge in [-0.05, 0) is 25.2 Å². The van der Waals surface area contributed by atoms with Gasteiger partial charge >= 0.3 is 0 Å². The fraction of sp³-hybridized carbons (Fsp3) is 0.875. The topological polar surface area (TPSA) is 26.3 Å². The second kappa shape index (κ2) is 3.59. The quantitative estimate of drug-likeness (QED) is 0.559. The van der Waals surface area contributed by atoms with Gasteiger partial charge < -0.3 is 4.74 Å². The molecule has 0 aromatic heterocycles. The average molecular weight is 142 g/mol. The van der Waals surface area contributed by atoms with Crippen LogP contribution in [0.3, 0.4) is 0 Å². The Morgan fingerprint density at radius 1 is 1.60 bits per heavy atom. The molecule has 2 heteroatoms. The van der Waals surface area contributed by atoms with Crippen LogP contribution in [-0.4, -0.2) is 12.6 Å². The normalized spacial score (nSPS) is 30.9. The predicted molar refractivity (Wildman–Crippen MR) is 38.6 cm³/mol. The van der Waals surface area contributed by atoms with Crippen LogP contribution >= 0.6 is 0 Å². The molecule has 0 N–H and O–H groups in total. The van der Waals surface area contributed by atoms with Crippen LogP contribution in [-0.2, 0) is 9.53 Å². The highest BCUT2D eigenvalue weighted by molar-refractivity contribution is 5.37. The summed E-state index contributed by atoms with van der Waals surface area (Å²) < 4.78 is 4.86. The standard InChI is InChI=1S/C8H14O2/c1-2-3-7-4-5-8(7)10-6-9/h6-8H,2-5H2,1H3. The number of rotatable bonds is 4. The van der Waals surface area contributed by atoms with Gasteiger partial charge in [0.25, 0.3) is 6.47 Å². The Morgan fingerprint density at radius 3 is 2.80 bits per heavy atom. The molecule has 1 aliphatic carbocycles. The molecule has 1 rings (SSSR count). The van der Waals surface area contributed by atoms with Crippen molar-refractivity contribution in [3.63, 3.8) is 0 Å². The molecule has 10 heavy (non-hydrogen) atoms. The summed E-state index contributed by atoms with van der Waals surface area (Å²) in [5.41, 5.74) is 0. The largest absolute Gasteiger partial charge is 0.464 e. The molecule has 0 aliphatic heterocycles. The van der Waals surface area contributed by atoms with Crippen molar-refractivity contribution in [2.45, 2.75) is 38.7 Å². The maximum Gasteiger partial charge on any atom is 0.293 e. The van der Waals surface area contributed by atoms with E-state index in [1.165, 1.54) is 19.3 Å². The molecule has 58 valence electrons. The van der Waals surface area contributed by atoms with Crippen LogP contribution in [0.1, 0.15) is 32.6 Å². The lowest BCUT2D eigenvalue weighted by Crippen LogP contribution is -2.33. The van der Waals surface area contributed by atoms with E-state index in [1.54, 1.807) is 0 Å². The molecule has 1 fully saturated rings. The number of carbonyl (C=O) groups excluding carboxylic acids is 1. The van der Waals surface area contributed by atoms with Crippen LogP contribution in [0.2, 0.25) is 0 Å². The van der Waals surface area contributed by atoms with E-state index in [0.717, 1.165) is 6.42 Å². The predicted octanol–water partition coefficient (Wildman–Crippen LogP) is 1.74. The van der Waals surface area contributed by atoms with Gasteiger partial charge in [-0.2, -0.15) is 0 Å². The first kappa shape index (κ1) is 7.58. The highest BCUT2D eigenvalue weighted by Gasteiger charge is 2.30. The van der Waals surface area contributed by atoms with Crippen LogP contribution in [0.4, 0.5) is 0 Å². The molecule has 0 spiro atoms. The molecule has 2 nitrogen and oxygen atoms in total. The van der Waals surface area contributed by atoms with Gasteiger partial charge in [0.15, 0.2) is 0 Å². The summed E-state index contributed by atoms with van der Waals surface area (Å²) in [6.07, 6.45) is 4.97. The average Bonchev–Trinajstić information content (AvgIpc) is 1.93. The SMILES string of the molecule is CCCC1CCC1OC=O. The Bertz CT molecular complexity index is 112. The van der Waals surface area contributed by atoms with E-state index in [0.29, 0.717) is 12.4 Å². The minimum atomic E-state index is 0.248. The highest BCUT2D eigenvalue weighted by Crippen LogP contribution is 2.33. The van der Waals surface area contributed by atoms with Gasteiger partial charge in [-0.25, -0.2) is 0 Å². The van der Waals surface area contributed by atoms with Crippen LogP contribution in [0.5, 0.6) is 0 Å². The molecule has 2 atom stereocenters. The van der Waals surface area contributed by atoms with Crippen LogP contribution in [0.25, 0.3) is 0 Å². The van der Waals surface area contributed by atoms with Crippen molar-refractivity contribution in [3.05, 3.63) is 0 Å². The maximum atomic E-state index is 9.94. The van der Waals surface area contributed by atoms with Crippen LogP contribution in [0, 0.1) is 5.92 Å². The summed E-state index contributed by atoms with van der Waals surface area (Å²) in [5.74, 6) is 0.662. The number of hydrogen-bond acceptors (Lipinski definition) is 2. The van der Waals surface area contributed by atoms with Gasteiger partial charge in [-0.3, -0.25) is 4.79 Å². The smallest absolute Gasteiger partial charge is 0.293 e. The monoisotopic (exact) mass is 142 g/mol. The highest BCUT2D eigenvalue weighted by atomic mass is 16.5. The lowest BCUT2D eigenvalue weighted by Gasteiger charge is -2.34. The molecule has 2 unspecified atom stereocenters. The van der Waals surface area contributed by atoms with Crippen molar-refractivity contribution >= 4 is 6.47 Å². The van der Waals surface area contributed by atoms with E-state index in [2.05, 4.69) is 6.92 Å². The van der Waals surface area contributed by atoms with Gasteiger partial charge in [0.1, 0.15) is 6.10 Å². The summed E-state index contributed by atoms with van der Waals surface area (Å²) in [6.45, 7) is 2.74. The van der Waals surface area contributed by atoms with Crippen molar-refractivity contribution in [3.8, 4) is 0 Å². The van der Waals surface area contributed by atoms with E-state index < -0.39 is 0 Å². The van der Waals surface area contributed by atoms with Crippen LogP contribution in [0.15, 0.2) is 0 Å². The van der Waals surface area contributed by atoms with Crippen molar-refractivity contribution in [2.24, 2.45) is 5.92 Å². The molecule has 0 saturated heterocycles. The van der Waals surface area contributed by atoms with Crippen molar-refractivity contribution in [1.82, 2.24) is 0 Å². The first-order valence-corrected chi connectivity index (χ1v) is 3.97. The molecule has 0 aromatic carbocycles. The van der Waals surface area contributed by atoms with Gasteiger partial charge in [0.05, 0.1) is 0 Å². The summed E-state index contributed by atoms with van der Waals surface area (Å²) in [5, 5.41) is 0. The first-order valence-electron chi connectivity index (χ1n) is 3.97. The number of carbonyl (C=O) groups is 1. The maximum absolute atomic E-state index is 9.94. The fourth-order valence-electron chi connectivity index (χ4n) is 1.49. The van der Waals surface area contributed by atoms with Crippen LogP contribution < -0.4 is 0 Å². The lowest BCUT2D eigenvalue weighted by molar-refractivity contribution is -0.142. The Balaban J connectivity index is 2.15. The molecule has 0 heterocycles. The minimum Gasteiger partial charge on any atom is -0.464 e. The van der Waals surface area contributed by atoms with E-state index >= 15 is 0 Å². The first-order chi connectivity index (χ1) is 4.88. The van der Waals surface area contributed by atoms with Gasteiger partial charge in [-0.1, -0.05) is 13.3 Å². The number of hydrogen-bond donors (Lipinski definition) is 0. The third kappa shape index (κ3) is 1.49. The van der Waals surface area contributed by atoms with E-state index in [9.17, 15) is 4.79 Å². The van der Waals surface area contributed by atoms with E-state index in [4.69, 9.17) is 4.74 Å². The Kier molecular flexibility index (Phi) is 2.72. The third-order valence-electron chi connectivity index (χ3n) is 2.24. The summed E-state index contributed by atoms with van der Waals surface area (Å²) in [7, 11) is 0. The Hall–Kier alpha value is -0.530. The van der Waals surface area contributed by atoms with E-state index in [-0.39, 0.29) is 6.10 Å². The second-order valence-corrected chi connectivity index (χ2v) is 2.90. The summed E-state index contributed by atoms with van der Waals surface area (Å²) in [6, 6.07) is 0. The van der Waals surface area contributed by atoms with Crippen molar-refractivity contribution in [1.29, 1.82) is 0 Å². The zero-order chi connectivity index (χ0) is 7.40. The molecular weight excluding hydrogens is 128 g/mol. The molecule has 0 amide bonds. The molecule has 1 saturated carbocycles. The van der Waals surface area contributed by atoms with Crippen molar-refractivity contribution in [2.75, 3.05) is 0 Å². The molecule has 0 radical (unpaired) electrons. The minimum absolute atomic E-state index is 0.248. The number of ether oxygens (including phenoxy) is 1. The zero-order valence-corrected chi connectivity index (χ0v) is 6.38. The molecule has 0 bridgehead atoms. The second-order valence-electron chi connectivity index (χ2n) is 2.90. The molecule has 0 aromatic rings.